The standard InChI is InChI=1S/C17H17NO4/c1-11(7-16(19)20)13-8-14(12-5-4-6-18-10-12)17(22-3)15(9-13)21-2/h4-10H,1-3H3,(H,19,20)/b11-7+. The number of carboxylic acids is 1. The second-order valence-electron chi connectivity index (χ2n) is 4.67. The van der Waals surface area contributed by atoms with Crippen LogP contribution in [-0.4, -0.2) is 30.3 Å². The van der Waals surface area contributed by atoms with E-state index < -0.39 is 5.97 Å². The molecular weight excluding hydrogens is 282 g/mol. The zero-order valence-electron chi connectivity index (χ0n) is 12.7. The predicted molar refractivity (Wildman–Crippen MR) is 84.1 cm³/mol. The molecule has 0 fully saturated rings. The maximum absolute atomic E-state index is 10.9. The molecule has 114 valence electrons. The zero-order chi connectivity index (χ0) is 16.1. The van der Waals surface area contributed by atoms with Crippen molar-refractivity contribution in [3.05, 3.63) is 48.3 Å². The van der Waals surface area contributed by atoms with E-state index in [4.69, 9.17) is 14.6 Å². The molecule has 0 aliphatic heterocycles. The Hall–Kier alpha value is -2.82. The van der Waals surface area contributed by atoms with Gasteiger partial charge in [0, 0.05) is 29.6 Å². The molecular formula is C17H17NO4. The van der Waals surface area contributed by atoms with E-state index in [1.54, 1.807) is 39.6 Å². The normalized spacial score (nSPS) is 11.1. The average Bonchev–Trinajstić information content (AvgIpc) is 2.53. The summed E-state index contributed by atoms with van der Waals surface area (Å²) < 4.78 is 10.8. The summed E-state index contributed by atoms with van der Waals surface area (Å²) >= 11 is 0. The second kappa shape index (κ2) is 6.76. The van der Waals surface area contributed by atoms with Gasteiger partial charge in [-0.3, -0.25) is 4.98 Å². The van der Waals surface area contributed by atoms with Crippen LogP contribution >= 0.6 is 0 Å². The largest absolute Gasteiger partial charge is 0.493 e. The molecule has 2 aromatic rings. The maximum atomic E-state index is 10.9. The first-order chi connectivity index (χ1) is 10.6. The van der Waals surface area contributed by atoms with Crippen LogP contribution in [-0.2, 0) is 4.79 Å². The van der Waals surface area contributed by atoms with Crippen LogP contribution in [0, 0.1) is 0 Å². The molecule has 22 heavy (non-hydrogen) atoms. The third-order valence-electron chi connectivity index (χ3n) is 3.25. The topological polar surface area (TPSA) is 68.7 Å². The van der Waals surface area contributed by atoms with Crippen LogP contribution in [0.15, 0.2) is 42.7 Å². The van der Waals surface area contributed by atoms with Gasteiger partial charge in [-0.05, 0) is 36.3 Å². The van der Waals surface area contributed by atoms with Crippen LogP contribution in [0.3, 0.4) is 0 Å². The number of methoxy groups -OCH3 is 2. The van der Waals surface area contributed by atoms with Gasteiger partial charge in [-0.25, -0.2) is 4.79 Å². The van der Waals surface area contributed by atoms with Crippen molar-refractivity contribution in [2.24, 2.45) is 0 Å². The molecule has 1 heterocycles. The summed E-state index contributed by atoms with van der Waals surface area (Å²) in [4.78, 5) is 15.0. The van der Waals surface area contributed by atoms with E-state index in [2.05, 4.69) is 4.98 Å². The summed E-state index contributed by atoms with van der Waals surface area (Å²) in [7, 11) is 3.11. The highest BCUT2D eigenvalue weighted by Crippen LogP contribution is 2.40. The van der Waals surface area contributed by atoms with Gasteiger partial charge in [0.1, 0.15) is 0 Å². The molecule has 0 saturated heterocycles. The maximum Gasteiger partial charge on any atom is 0.328 e. The van der Waals surface area contributed by atoms with E-state index in [-0.39, 0.29) is 0 Å². The SMILES string of the molecule is COc1cc(/C(C)=C/C(=O)O)cc(-c2cccnc2)c1OC. The van der Waals surface area contributed by atoms with E-state index in [1.165, 1.54) is 0 Å². The average molecular weight is 299 g/mol. The van der Waals surface area contributed by atoms with Crippen molar-refractivity contribution in [2.75, 3.05) is 14.2 Å². The molecule has 0 spiro atoms. The number of benzene rings is 1. The zero-order valence-corrected chi connectivity index (χ0v) is 12.7. The van der Waals surface area contributed by atoms with Crippen molar-refractivity contribution in [3.8, 4) is 22.6 Å². The predicted octanol–water partition coefficient (Wildman–Crippen LogP) is 3.25. The number of hydrogen-bond donors (Lipinski definition) is 1. The summed E-state index contributed by atoms with van der Waals surface area (Å²) in [6.45, 7) is 1.74. The van der Waals surface area contributed by atoms with E-state index in [0.29, 0.717) is 17.1 Å². The molecule has 0 unspecified atom stereocenters. The number of rotatable bonds is 5. The number of allylic oxidation sites excluding steroid dienone is 1. The molecule has 5 heteroatoms. The molecule has 1 aromatic heterocycles. The number of pyridine rings is 1. The van der Waals surface area contributed by atoms with Crippen molar-refractivity contribution >= 4 is 11.5 Å². The lowest BCUT2D eigenvalue weighted by atomic mass is 9.98. The number of hydrogen-bond acceptors (Lipinski definition) is 4. The Balaban J connectivity index is 2.68. The minimum Gasteiger partial charge on any atom is -0.493 e. The van der Waals surface area contributed by atoms with Gasteiger partial charge in [-0.1, -0.05) is 6.07 Å². The third kappa shape index (κ3) is 3.25. The lowest BCUT2D eigenvalue weighted by Crippen LogP contribution is -1.97. The van der Waals surface area contributed by atoms with Crippen molar-refractivity contribution in [3.63, 3.8) is 0 Å². The molecule has 0 saturated carbocycles. The number of aromatic nitrogens is 1. The van der Waals surface area contributed by atoms with Gasteiger partial charge in [-0.15, -0.1) is 0 Å². The Labute approximate surface area is 128 Å². The van der Waals surface area contributed by atoms with Gasteiger partial charge in [0.25, 0.3) is 0 Å². The Bertz CT molecular complexity index is 708. The van der Waals surface area contributed by atoms with Crippen LogP contribution in [0.4, 0.5) is 0 Å². The summed E-state index contributed by atoms with van der Waals surface area (Å²) in [5.74, 6) is 0.134. The van der Waals surface area contributed by atoms with E-state index in [1.807, 2.05) is 18.2 Å². The Kier molecular flexibility index (Phi) is 4.78. The fourth-order valence-corrected chi connectivity index (χ4v) is 2.20. The van der Waals surface area contributed by atoms with Gasteiger partial charge < -0.3 is 14.6 Å². The van der Waals surface area contributed by atoms with Crippen LogP contribution in [0.5, 0.6) is 11.5 Å². The highest BCUT2D eigenvalue weighted by Gasteiger charge is 2.15. The molecule has 0 amide bonds. The van der Waals surface area contributed by atoms with Crippen molar-refractivity contribution in [1.82, 2.24) is 4.98 Å². The number of carboxylic acid groups (broad SMARTS) is 1. The van der Waals surface area contributed by atoms with Crippen molar-refractivity contribution in [2.45, 2.75) is 6.92 Å². The first-order valence-electron chi connectivity index (χ1n) is 6.64. The van der Waals surface area contributed by atoms with Crippen LogP contribution < -0.4 is 9.47 Å². The van der Waals surface area contributed by atoms with Gasteiger partial charge in [-0.2, -0.15) is 0 Å². The van der Waals surface area contributed by atoms with Gasteiger partial charge in [0.2, 0.25) is 0 Å². The molecule has 1 N–H and O–H groups in total. The molecule has 0 aliphatic rings. The molecule has 0 bridgehead atoms. The minimum absolute atomic E-state index is 0.539. The summed E-state index contributed by atoms with van der Waals surface area (Å²) in [5.41, 5.74) is 3.03. The number of nitrogens with zero attached hydrogens (tertiary/aromatic N) is 1. The lowest BCUT2D eigenvalue weighted by molar-refractivity contribution is -0.131. The first kappa shape index (κ1) is 15.6. The van der Waals surface area contributed by atoms with Gasteiger partial charge in [0.15, 0.2) is 11.5 Å². The Morgan fingerprint density at radius 3 is 2.59 bits per heavy atom. The second-order valence-corrected chi connectivity index (χ2v) is 4.67. The summed E-state index contributed by atoms with van der Waals surface area (Å²) in [6, 6.07) is 7.36. The van der Waals surface area contributed by atoms with Gasteiger partial charge >= 0.3 is 5.97 Å². The molecule has 0 radical (unpaired) electrons. The smallest absolute Gasteiger partial charge is 0.328 e. The van der Waals surface area contributed by atoms with Crippen LogP contribution in [0.25, 0.3) is 16.7 Å². The first-order valence-corrected chi connectivity index (χ1v) is 6.64. The fourth-order valence-electron chi connectivity index (χ4n) is 2.20. The Morgan fingerprint density at radius 1 is 1.27 bits per heavy atom. The molecule has 0 atom stereocenters. The fraction of sp³-hybridized carbons (Fsp3) is 0.176. The van der Waals surface area contributed by atoms with Crippen molar-refractivity contribution < 1.29 is 19.4 Å². The molecule has 0 aliphatic carbocycles. The number of aliphatic carboxylic acids is 1. The van der Waals surface area contributed by atoms with Crippen LogP contribution in [0.1, 0.15) is 12.5 Å². The number of ether oxygens (including phenoxy) is 2. The van der Waals surface area contributed by atoms with E-state index >= 15 is 0 Å². The monoisotopic (exact) mass is 299 g/mol. The Morgan fingerprint density at radius 2 is 2.05 bits per heavy atom. The third-order valence-corrected chi connectivity index (χ3v) is 3.25. The van der Waals surface area contributed by atoms with Crippen molar-refractivity contribution in [1.29, 1.82) is 0 Å². The lowest BCUT2D eigenvalue weighted by Gasteiger charge is -2.15. The highest BCUT2D eigenvalue weighted by molar-refractivity contribution is 5.91. The number of carbonyl (C=O) groups is 1. The molecule has 1 aromatic carbocycles. The van der Waals surface area contributed by atoms with Gasteiger partial charge in [0.05, 0.1) is 14.2 Å². The summed E-state index contributed by atoms with van der Waals surface area (Å²) in [6.07, 6.45) is 4.57. The molecule has 5 nitrogen and oxygen atoms in total. The summed E-state index contributed by atoms with van der Waals surface area (Å²) in [5, 5.41) is 8.92. The minimum atomic E-state index is -0.991. The highest BCUT2D eigenvalue weighted by atomic mass is 16.5. The van der Waals surface area contributed by atoms with E-state index in [0.717, 1.165) is 22.8 Å². The quantitative estimate of drug-likeness (QED) is 0.858. The van der Waals surface area contributed by atoms with Crippen LogP contribution in [0.2, 0.25) is 0 Å². The van der Waals surface area contributed by atoms with E-state index in [9.17, 15) is 4.79 Å². The molecule has 2 rings (SSSR count).